The molecule has 0 aliphatic carbocycles. The van der Waals surface area contributed by atoms with Crippen LogP contribution in [0.15, 0.2) is 12.7 Å². The maximum atomic E-state index is 12.3. The topological polar surface area (TPSA) is 125 Å². The normalized spacial score (nSPS) is 14.4. The Bertz CT molecular complexity index is 1190. The molecular formula is C31H56N5O4PSSi. The molecule has 2 heterocycles. The summed E-state index contributed by atoms with van der Waals surface area (Å²) in [6.45, 7) is 14.2. The van der Waals surface area contributed by atoms with Crippen LogP contribution in [0.2, 0.25) is 18.1 Å². The van der Waals surface area contributed by atoms with Gasteiger partial charge in [-0.3, -0.25) is 4.57 Å². The fourth-order valence-corrected chi connectivity index (χ4v) is 7.03. The maximum absolute atomic E-state index is 12.3. The molecule has 0 amide bonds. The van der Waals surface area contributed by atoms with Crippen molar-refractivity contribution in [2.75, 3.05) is 30.2 Å². The highest BCUT2D eigenvalue weighted by atomic mass is 32.2. The number of rotatable bonds is 21. The Hall–Kier alpha value is -1.41. The van der Waals surface area contributed by atoms with E-state index in [1.807, 2.05) is 18.7 Å². The number of aromatic nitrogens is 4. The summed E-state index contributed by atoms with van der Waals surface area (Å²) in [4.78, 5) is 22.5. The number of hydrogen-bond acceptors (Lipinski definition) is 8. The highest BCUT2D eigenvalue weighted by Gasteiger charge is 2.33. The molecule has 0 fully saturated rings. The number of ether oxygens (including phenoxy) is 1. The lowest BCUT2D eigenvalue weighted by molar-refractivity contribution is 0.0718. The van der Waals surface area contributed by atoms with Gasteiger partial charge in [0.1, 0.15) is 26.3 Å². The number of unbranched alkanes of at least 4 members (excludes halogenated alkanes) is 9. The minimum atomic E-state index is -3.80. The van der Waals surface area contributed by atoms with Crippen molar-refractivity contribution < 1.29 is 18.7 Å². The number of nitrogens with two attached hydrogens (primary N) is 1. The van der Waals surface area contributed by atoms with Gasteiger partial charge in [-0.25, -0.2) is 15.0 Å². The van der Waals surface area contributed by atoms with Gasteiger partial charge in [0.2, 0.25) is 0 Å². The first-order chi connectivity index (χ1) is 20.3. The van der Waals surface area contributed by atoms with Crippen LogP contribution >= 0.6 is 19.4 Å². The minimum Gasteiger partial charge on any atom is -0.382 e. The van der Waals surface area contributed by atoms with Gasteiger partial charge in [0.25, 0.3) is 0 Å². The van der Waals surface area contributed by atoms with E-state index in [1.54, 1.807) is 10.9 Å². The summed E-state index contributed by atoms with van der Waals surface area (Å²) in [6, 6.07) is 0. The van der Waals surface area contributed by atoms with E-state index < -0.39 is 15.7 Å². The van der Waals surface area contributed by atoms with Crippen molar-refractivity contribution in [2.45, 2.75) is 129 Å². The van der Waals surface area contributed by atoms with Crippen molar-refractivity contribution in [2.24, 2.45) is 0 Å². The third-order valence-electron chi connectivity index (χ3n) is 8.00. The molecular weight excluding hydrogens is 597 g/mol. The fraction of sp³-hybridized carbons (Fsp3) is 0.774. The Morgan fingerprint density at radius 1 is 1.02 bits per heavy atom. The summed E-state index contributed by atoms with van der Waals surface area (Å²) < 4.78 is 25.0. The summed E-state index contributed by atoms with van der Waals surface area (Å²) in [5.41, 5.74) is 10.6. The van der Waals surface area contributed by atoms with Crippen LogP contribution in [0.25, 0.3) is 11.2 Å². The molecule has 244 valence electrons. The highest BCUT2D eigenvalue weighted by Crippen LogP contribution is 2.42. The molecule has 0 aromatic carbocycles. The van der Waals surface area contributed by atoms with Gasteiger partial charge < -0.3 is 24.5 Å². The first-order valence-corrected chi connectivity index (χ1v) is 21.8. The van der Waals surface area contributed by atoms with Crippen LogP contribution in [0.4, 0.5) is 5.82 Å². The van der Waals surface area contributed by atoms with E-state index in [0.29, 0.717) is 28.6 Å². The molecule has 0 spiro atoms. The van der Waals surface area contributed by atoms with Crippen LogP contribution in [0, 0.1) is 11.5 Å². The van der Waals surface area contributed by atoms with Gasteiger partial charge in [0, 0.05) is 6.42 Å². The van der Waals surface area contributed by atoms with Gasteiger partial charge in [-0.05, 0) is 42.7 Å². The van der Waals surface area contributed by atoms with Crippen molar-refractivity contribution in [3.63, 3.8) is 0 Å². The Balaban J connectivity index is 1.39. The van der Waals surface area contributed by atoms with E-state index in [0.717, 1.165) is 24.3 Å². The largest absolute Gasteiger partial charge is 0.382 e. The Kier molecular flexibility index (Phi) is 16.8. The third-order valence-corrected chi connectivity index (χ3v) is 14.8. The molecule has 0 saturated carbocycles. The number of nitrogen functional groups attached to an aromatic ring is 1. The molecule has 12 heteroatoms. The number of nitrogens with zero attached hydrogens (tertiary/aromatic N) is 4. The first kappa shape index (κ1) is 37.8. The molecule has 1 unspecified atom stereocenters. The van der Waals surface area contributed by atoms with Gasteiger partial charge in [-0.1, -0.05) is 78.8 Å². The van der Waals surface area contributed by atoms with E-state index in [1.165, 1.54) is 64.1 Å². The molecule has 3 N–H and O–H groups in total. The molecule has 0 bridgehead atoms. The van der Waals surface area contributed by atoms with E-state index in [-0.39, 0.29) is 19.1 Å². The van der Waals surface area contributed by atoms with Crippen LogP contribution in [0.1, 0.15) is 98.3 Å². The van der Waals surface area contributed by atoms with Gasteiger partial charge in [-0.2, -0.15) is 11.8 Å². The molecule has 0 saturated heterocycles. The first-order valence-electron chi connectivity index (χ1n) is 15.9. The minimum absolute atomic E-state index is 0.254. The van der Waals surface area contributed by atoms with E-state index in [4.69, 9.17) is 15.0 Å². The number of anilines is 1. The van der Waals surface area contributed by atoms with Gasteiger partial charge >= 0.3 is 7.60 Å². The molecule has 0 radical (unpaired) electrons. The zero-order valence-corrected chi connectivity index (χ0v) is 30.2. The van der Waals surface area contributed by atoms with Crippen molar-refractivity contribution in [1.82, 2.24) is 19.5 Å². The Labute approximate surface area is 265 Å². The Morgan fingerprint density at radius 3 is 2.33 bits per heavy atom. The SMILES string of the molecule is C[C@H](Cn1cnc2c(N)ncnc21)OCP(=O)(O)OCCCSCCCCCCCCCCCC#C[Si](C)(C)C(C)(C)C. The summed E-state index contributed by atoms with van der Waals surface area (Å²) in [5, 5.41) is 0.352. The fourth-order valence-electron chi connectivity index (χ4n) is 4.22. The van der Waals surface area contributed by atoms with Crippen molar-refractivity contribution in [1.29, 1.82) is 0 Å². The zero-order chi connectivity index (χ0) is 31.8. The second-order valence-corrected chi connectivity index (χ2v) is 21.0. The summed E-state index contributed by atoms with van der Waals surface area (Å²) >= 11 is 1.89. The maximum Gasteiger partial charge on any atom is 0.353 e. The smallest absolute Gasteiger partial charge is 0.353 e. The number of fused-ring (bicyclic) bond motifs is 1. The summed E-state index contributed by atoms with van der Waals surface area (Å²) in [7, 11) is -5.24. The lowest BCUT2D eigenvalue weighted by Gasteiger charge is -2.31. The number of thioether (sulfide) groups is 1. The average molecular weight is 654 g/mol. The van der Waals surface area contributed by atoms with Crippen LogP contribution in [0.3, 0.4) is 0 Å². The predicted molar refractivity (Wildman–Crippen MR) is 184 cm³/mol. The van der Waals surface area contributed by atoms with E-state index in [9.17, 15) is 9.46 Å². The molecule has 2 atom stereocenters. The summed E-state index contributed by atoms with van der Waals surface area (Å²) in [6.07, 6.45) is 15.8. The molecule has 9 nitrogen and oxygen atoms in total. The van der Waals surface area contributed by atoms with Crippen LogP contribution in [0.5, 0.6) is 0 Å². The van der Waals surface area contributed by atoms with Gasteiger partial charge in [-0.15, -0.1) is 11.5 Å². The zero-order valence-electron chi connectivity index (χ0n) is 27.4. The monoisotopic (exact) mass is 653 g/mol. The molecule has 0 aliphatic heterocycles. The second kappa shape index (κ2) is 19.2. The standard InChI is InChI=1S/C31H56N5O4PSSi/c1-27(23-36-25-35-28-29(32)33-24-34-30(28)36)39-26-41(37,38)40-19-18-21-42-20-16-14-12-10-8-7-9-11-13-15-17-22-43(5,6)31(2,3)4/h24-25,27H,7-16,18-21,23,26H2,1-6H3,(H,37,38)(H2,32,33,34)/t27-/m1/s1. The average Bonchev–Trinajstić information content (AvgIpc) is 3.34. The highest BCUT2D eigenvalue weighted by molar-refractivity contribution is 7.99. The lowest BCUT2D eigenvalue weighted by atomic mass is 10.1. The lowest BCUT2D eigenvalue weighted by Crippen LogP contribution is -2.35. The van der Waals surface area contributed by atoms with Crippen molar-refractivity contribution in [3.05, 3.63) is 12.7 Å². The second-order valence-electron chi connectivity index (χ2n) is 13.0. The van der Waals surface area contributed by atoms with Crippen LogP contribution < -0.4 is 5.73 Å². The third kappa shape index (κ3) is 14.9. The van der Waals surface area contributed by atoms with E-state index in [2.05, 4.69) is 60.3 Å². The predicted octanol–water partition coefficient (Wildman–Crippen LogP) is 8.05. The quantitative estimate of drug-likeness (QED) is 0.0596. The van der Waals surface area contributed by atoms with Crippen LogP contribution in [-0.2, 0) is 20.4 Å². The number of imidazole rings is 1. The van der Waals surface area contributed by atoms with Gasteiger partial charge in [0.15, 0.2) is 11.5 Å². The summed E-state index contributed by atoms with van der Waals surface area (Å²) in [5.74, 6) is 5.84. The molecule has 43 heavy (non-hydrogen) atoms. The van der Waals surface area contributed by atoms with Crippen molar-refractivity contribution >= 4 is 44.4 Å². The number of hydrogen-bond donors (Lipinski definition) is 2. The molecule has 0 aliphatic rings. The van der Waals surface area contributed by atoms with E-state index >= 15 is 0 Å². The van der Waals surface area contributed by atoms with Crippen LogP contribution in [-0.4, -0.2) is 63.1 Å². The Morgan fingerprint density at radius 2 is 1.65 bits per heavy atom. The molecule has 2 rings (SSSR count). The molecule has 2 aromatic rings. The molecule has 2 aromatic heterocycles. The van der Waals surface area contributed by atoms with Gasteiger partial charge in [0.05, 0.1) is 25.6 Å². The van der Waals surface area contributed by atoms with Crippen molar-refractivity contribution in [3.8, 4) is 11.5 Å².